The van der Waals surface area contributed by atoms with Crippen LogP contribution in [0.25, 0.3) is 0 Å². The number of aliphatic imine (C=N–C) groups is 1. The van der Waals surface area contributed by atoms with Crippen LogP contribution in [-0.2, 0) is 10.2 Å². The quantitative estimate of drug-likeness (QED) is 0.475. The molecule has 0 amide bonds. The molecule has 0 radical (unpaired) electrons. The fourth-order valence-corrected chi connectivity index (χ4v) is 3.39. The summed E-state index contributed by atoms with van der Waals surface area (Å²) in [5.74, 6) is 0.858. The Morgan fingerprint density at radius 2 is 2.00 bits per heavy atom. The Hall–Kier alpha value is -1.26. The molecule has 1 aromatic rings. The molecule has 5 heteroatoms. The fourth-order valence-electron chi connectivity index (χ4n) is 3.05. The van der Waals surface area contributed by atoms with Gasteiger partial charge in [-0.15, -0.1) is 0 Å². The molecule has 2 N–H and O–H groups in total. The van der Waals surface area contributed by atoms with Crippen molar-refractivity contribution in [2.24, 2.45) is 4.99 Å². The number of halogens is 1. The van der Waals surface area contributed by atoms with Gasteiger partial charge in [0.25, 0.3) is 0 Å². The monoisotopic (exact) mass is 337 g/mol. The maximum Gasteiger partial charge on any atom is 0.191 e. The summed E-state index contributed by atoms with van der Waals surface area (Å²) in [4.78, 5) is 4.32. The molecule has 23 heavy (non-hydrogen) atoms. The molecule has 4 nitrogen and oxygen atoms in total. The molecular formula is C18H28ClN3O. The molecule has 0 saturated carbocycles. The summed E-state index contributed by atoms with van der Waals surface area (Å²) < 4.78 is 5.58. The van der Waals surface area contributed by atoms with Gasteiger partial charge in [-0.25, -0.2) is 0 Å². The van der Waals surface area contributed by atoms with Crippen LogP contribution in [-0.4, -0.2) is 39.3 Å². The van der Waals surface area contributed by atoms with Crippen molar-refractivity contribution in [1.82, 2.24) is 10.6 Å². The number of nitrogens with zero attached hydrogens (tertiary/aromatic N) is 1. The van der Waals surface area contributed by atoms with Crippen LogP contribution < -0.4 is 10.6 Å². The van der Waals surface area contributed by atoms with Crippen molar-refractivity contribution in [3.63, 3.8) is 0 Å². The summed E-state index contributed by atoms with van der Waals surface area (Å²) in [6.45, 7) is 5.49. The highest BCUT2D eigenvalue weighted by atomic mass is 35.5. The zero-order chi connectivity index (χ0) is 16.5. The van der Waals surface area contributed by atoms with Crippen LogP contribution in [0, 0.1) is 0 Å². The second-order valence-electron chi connectivity index (χ2n) is 6.08. The molecule has 0 aromatic heterocycles. The van der Waals surface area contributed by atoms with E-state index >= 15 is 0 Å². The molecule has 1 fully saturated rings. The van der Waals surface area contributed by atoms with Crippen LogP contribution in [0.4, 0.5) is 0 Å². The van der Waals surface area contributed by atoms with Crippen molar-refractivity contribution in [3.8, 4) is 0 Å². The van der Waals surface area contributed by atoms with Crippen LogP contribution in [0.5, 0.6) is 0 Å². The van der Waals surface area contributed by atoms with Gasteiger partial charge in [0.15, 0.2) is 5.96 Å². The Balaban J connectivity index is 2.09. The number of hydrogen-bond donors (Lipinski definition) is 2. The van der Waals surface area contributed by atoms with E-state index < -0.39 is 0 Å². The zero-order valence-electron chi connectivity index (χ0n) is 14.2. The molecule has 0 bridgehead atoms. The number of hydrogen-bond acceptors (Lipinski definition) is 2. The third-order valence-electron chi connectivity index (χ3n) is 4.54. The van der Waals surface area contributed by atoms with Gasteiger partial charge >= 0.3 is 0 Å². The molecule has 0 unspecified atom stereocenters. The van der Waals surface area contributed by atoms with E-state index in [2.05, 4.69) is 34.7 Å². The van der Waals surface area contributed by atoms with Crippen molar-refractivity contribution in [2.75, 3.05) is 33.4 Å². The van der Waals surface area contributed by atoms with Crippen LogP contribution >= 0.6 is 11.6 Å². The summed E-state index contributed by atoms with van der Waals surface area (Å²) >= 11 is 6.48. The van der Waals surface area contributed by atoms with E-state index in [0.717, 1.165) is 56.5 Å². The summed E-state index contributed by atoms with van der Waals surface area (Å²) in [6.07, 6.45) is 4.25. The van der Waals surface area contributed by atoms with E-state index in [-0.39, 0.29) is 5.41 Å². The van der Waals surface area contributed by atoms with Gasteiger partial charge in [-0.3, -0.25) is 4.99 Å². The molecule has 1 aliphatic rings. The highest BCUT2D eigenvalue weighted by Crippen LogP contribution is 2.38. The standard InChI is InChI=1S/C18H28ClN3O/c1-3-4-11-21-17(20-2)22-14-18(9-12-23-13-10-18)15-7-5-6-8-16(15)19/h5-8H,3-4,9-14H2,1-2H3,(H2,20,21,22). The predicted octanol–water partition coefficient (Wildman–Crippen LogP) is 3.35. The molecular weight excluding hydrogens is 310 g/mol. The van der Waals surface area contributed by atoms with E-state index in [1.807, 2.05) is 19.2 Å². The van der Waals surface area contributed by atoms with Gasteiger partial charge in [-0.05, 0) is 30.9 Å². The number of unbranched alkanes of at least 4 members (excludes halogenated alkanes) is 1. The Kier molecular flexibility index (Phi) is 7.18. The van der Waals surface area contributed by atoms with Crippen molar-refractivity contribution < 1.29 is 4.74 Å². The summed E-state index contributed by atoms with van der Waals surface area (Å²) in [6, 6.07) is 8.16. The van der Waals surface area contributed by atoms with Gasteiger partial charge in [-0.1, -0.05) is 43.1 Å². The highest BCUT2D eigenvalue weighted by molar-refractivity contribution is 6.31. The molecule has 2 rings (SSSR count). The fraction of sp³-hybridized carbons (Fsp3) is 0.611. The summed E-state index contributed by atoms with van der Waals surface area (Å²) in [7, 11) is 1.81. The first-order valence-corrected chi connectivity index (χ1v) is 8.87. The summed E-state index contributed by atoms with van der Waals surface area (Å²) in [5, 5.41) is 7.70. The van der Waals surface area contributed by atoms with Gasteiger partial charge in [0.05, 0.1) is 0 Å². The number of guanidine groups is 1. The average molecular weight is 338 g/mol. The van der Waals surface area contributed by atoms with E-state index in [1.165, 1.54) is 12.0 Å². The third-order valence-corrected chi connectivity index (χ3v) is 4.87. The van der Waals surface area contributed by atoms with Gasteiger partial charge in [0.1, 0.15) is 0 Å². The Bertz CT molecular complexity index is 513. The van der Waals surface area contributed by atoms with Crippen LogP contribution in [0.3, 0.4) is 0 Å². The van der Waals surface area contributed by atoms with Gasteiger partial charge in [0.2, 0.25) is 0 Å². The van der Waals surface area contributed by atoms with E-state index in [1.54, 1.807) is 0 Å². The van der Waals surface area contributed by atoms with Gasteiger partial charge in [0, 0.05) is 43.8 Å². The number of rotatable bonds is 6. The average Bonchev–Trinajstić information content (AvgIpc) is 2.59. The second-order valence-corrected chi connectivity index (χ2v) is 6.49. The lowest BCUT2D eigenvalue weighted by Gasteiger charge is -2.38. The number of nitrogens with one attached hydrogen (secondary N) is 2. The van der Waals surface area contributed by atoms with Crippen LogP contribution in [0.2, 0.25) is 5.02 Å². The van der Waals surface area contributed by atoms with Crippen LogP contribution in [0.1, 0.15) is 38.2 Å². The van der Waals surface area contributed by atoms with E-state index in [0.29, 0.717) is 0 Å². The van der Waals surface area contributed by atoms with E-state index in [4.69, 9.17) is 16.3 Å². The molecule has 0 atom stereocenters. The van der Waals surface area contributed by atoms with Gasteiger partial charge < -0.3 is 15.4 Å². The van der Waals surface area contributed by atoms with Crippen molar-refractivity contribution in [3.05, 3.63) is 34.9 Å². The highest BCUT2D eigenvalue weighted by Gasteiger charge is 2.36. The topological polar surface area (TPSA) is 45.7 Å². The number of ether oxygens (including phenoxy) is 1. The molecule has 128 valence electrons. The lowest BCUT2D eigenvalue weighted by molar-refractivity contribution is 0.0514. The molecule has 0 aliphatic carbocycles. The Morgan fingerprint density at radius 1 is 1.26 bits per heavy atom. The minimum absolute atomic E-state index is 0.00102. The third kappa shape index (κ3) is 4.85. The molecule has 1 aliphatic heterocycles. The van der Waals surface area contributed by atoms with Crippen LogP contribution in [0.15, 0.2) is 29.3 Å². The Labute approximate surface area is 144 Å². The largest absolute Gasteiger partial charge is 0.381 e. The SMILES string of the molecule is CCCCNC(=NC)NCC1(c2ccccc2Cl)CCOCC1. The number of benzene rings is 1. The smallest absolute Gasteiger partial charge is 0.191 e. The first kappa shape index (κ1) is 18.1. The molecule has 0 spiro atoms. The maximum absolute atomic E-state index is 6.48. The molecule has 1 aromatic carbocycles. The van der Waals surface area contributed by atoms with Crippen molar-refractivity contribution >= 4 is 17.6 Å². The Morgan fingerprint density at radius 3 is 2.65 bits per heavy atom. The lowest BCUT2D eigenvalue weighted by Crippen LogP contribution is -2.48. The zero-order valence-corrected chi connectivity index (χ0v) is 15.0. The molecule has 1 heterocycles. The first-order valence-electron chi connectivity index (χ1n) is 8.49. The normalized spacial score (nSPS) is 17.8. The van der Waals surface area contributed by atoms with Crippen molar-refractivity contribution in [2.45, 2.75) is 38.0 Å². The minimum atomic E-state index is -0.00102. The molecule has 1 saturated heterocycles. The summed E-state index contributed by atoms with van der Waals surface area (Å²) in [5.41, 5.74) is 1.21. The predicted molar refractivity (Wildman–Crippen MR) is 97.5 cm³/mol. The second kappa shape index (κ2) is 9.14. The minimum Gasteiger partial charge on any atom is -0.381 e. The van der Waals surface area contributed by atoms with Crippen molar-refractivity contribution in [1.29, 1.82) is 0 Å². The maximum atomic E-state index is 6.48. The van der Waals surface area contributed by atoms with E-state index in [9.17, 15) is 0 Å². The first-order chi connectivity index (χ1) is 11.2. The van der Waals surface area contributed by atoms with Gasteiger partial charge in [-0.2, -0.15) is 0 Å². The lowest BCUT2D eigenvalue weighted by atomic mass is 9.74.